The van der Waals surface area contributed by atoms with Crippen LogP contribution < -0.4 is 10.6 Å². The Labute approximate surface area is 80.4 Å². The van der Waals surface area contributed by atoms with E-state index < -0.39 is 0 Å². The van der Waals surface area contributed by atoms with Crippen molar-refractivity contribution in [1.29, 1.82) is 0 Å². The molecule has 0 saturated carbocycles. The minimum absolute atomic E-state index is 0.611. The highest BCUT2D eigenvalue weighted by Gasteiger charge is 2.04. The Morgan fingerprint density at radius 2 is 2.08 bits per heavy atom. The van der Waals surface area contributed by atoms with Gasteiger partial charge < -0.3 is 10.6 Å². The van der Waals surface area contributed by atoms with Crippen molar-refractivity contribution in [2.45, 2.75) is 20.4 Å². The largest absolute Gasteiger partial charge is 0.375 e. The zero-order valence-electron chi connectivity index (χ0n) is 8.67. The summed E-state index contributed by atoms with van der Waals surface area (Å²) in [6.07, 6.45) is 0. The summed E-state index contributed by atoms with van der Waals surface area (Å²) in [5.74, 6) is 0. The Morgan fingerprint density at radius 1 is 1.38 bits per heavy atom. The lowest BCUT2D eigenvalue weighted by Crippen LogP contribution is -2.18. The third kappa shape index (κ3) is 2.22. The van der Waals surface area contributed by atoms with Crippen LogP contribution in [0.3, 0.4) is 0 Å². The van der Waals surface area contributed by atoms with Crippen LogP contribution in [-0.2, 0) is 6.54 Å². The van der Waals surface area contributed by atoms with Crippen LogP contribution in [0.2, 0.25) is 0 Å². The number of rotatable bonds is 3. The monoisotopic (exact) mass is 178 g/mol. The van der Waals surface area contributed by atoms with Crippen molar-refractivity contribution in [1.82, 2.24) is 0 Å². The molecule has 0 saturated heterocycles. The summed E-state index contributed by atoms with van der Waals surface area (Å²) in [5, 5.41) is 0. The van der Waals surface area contributed by atoms with E-state index in [0.717, 1.165) is 6.54 Å². The van der Waals surface area contributed by atoms with Gasteiger partial charge in [-0.2, -0.15) is 0 Å². The van der Waals surface area contributed by atoms with Crippen LogP contribution in [0.25, 0.3) is 0 Å². The number of hydrogen-bond donors (Lipinski definition) is 1. The number of hydrogen-bond acceptors (Lipinski definition) is 2. The van der Waals surface area contributed by atoms with Gasteiger partial charge in [-0.15, -0.1) is 0 Å². The van der Waals surface area contributed by atoms with Gasteiger partial charge in [-0.3, -0.25) is 0 Å². The van der Waals surface area contributed by atoms with Gasteiger partial charge >= 0.3 is 0 Å². The summed E-state index contributed by atoms with van der Waals surface area (Å²) in [6, 6.07) is 6.40. The van der Waals surface area contributed by atoms with Crippen molar-refractivity contribution in [2.75, 3.05) is 18.5 Å². The molecule has 13 heavy (non-hydrogen) atoms. The maximum absolute atomic E-state index is 5.67. The molecule has 1 aromatic carbocycles. The van der Waals surface area contributed by atoms with Gasteiger partial charge in [0.2, 0.25) is 0 Å². The van der Waals surface area contributed by atoms with Gasteiger partial charge in [-0.25, -0.2) is 0 Å². The van der Waals surface area contributed by atoms with Crippen molar-refractivity contribution in [2.24, 2.45) is 5.73 Å². The first kappa shape index (κ1) is 10.1. The Kier molecular flexibility index (Phi) is 3.32. The lowest BCUT2D eigenvalue weighted by atomic mass is 10.1. The van der Waals surface area contributed by atoms with Crippen LogP contribution in [-0.4, -0.2) is 13.6 Å². The van der Waals surface area contributed by atoms with Crippen molar-refractivity contribution >= 4 is 5.69 Å². The zero-order chi connectivity index (χ0) is 9.84. The molecular weight excluding hydrogens is 160 g/mol. The topological polar surface area (TPSA) is 29.3 Å². The molecule has 2 nitrogen and oxygen atoms in total. The van der Waals surface area contributed by atoms with Gasteiger partial charge in [-0.1, -0.05) is 12.1 Å². The number of nitrogens with two attached hydrogens (primary N) is 1. The van der Waals surface area contributed by atoms with E-state index in [1.54, 1.807) is 0 Å². The summed E-state index contributed by atoms with van der Waals surface area (Å²) in [7, 11) is 2.09. The van der Waals surface area contributed by atoms with E-state index in [4.69, 9.17) is 5.73 Å². The smallest absolute Gasteiger partial charge is 0.0411 e. The fourth-order valence-corrected chi connectivity index (χ4v) is 1.37. The minimum atomic E-state index is 0.611. The molecule has 0 fully saturated rings. The van der Waals surface area contributed by atoms with E-state index in [-0.39, 0.29) is 0 Å². The van der Waals surface area contributed by atoms with Gasteiger partial charge in [0.05, 0.1) is 0 Å². The lowest BCUT2D eigenvalue weighted by molar-refractivity contribution is 0.939. The molecule has 0 radical (unpaired) electrons. The second-order valence-electron chi connectivity index (χ2n) is 3.35. The molecule has 0 atom stereocenters. The van der Waals surface area contributed by atoms with Gasteiger partial charge in [0.1, 0.15) is 0 Å². The molecule has 0 bridgehead atoms. The molecule has 0 aliphatic rings. The second kappa shape index (κ2) is 4.28. The Bertz CT molecular complexity index is 281. The van der Waals surface area contributed by atoms with E-state index >= 15 is 0 Å². The summed E-state index contributed by atoms with van der Waals surface area (Å²) >= 11 is 0. The van der Waals surface area contributed by atoms with Crippen molar-refractivity contribution in [3.63, 3.8) is 0 Å². The van der Waals surface area contributed by atoms with E-state index in [2.05, 4.69) is 44.0 Å². The van der Waals surface area contributed by atoms with Gasteiger partial charge in [0, 0.05) is 25.8 Å². The zero-order valence-corrected chi connectivity index (χ0v) is 8.67. The van der Waals surface area contributed by atoms with Gasteiger partial charge in [0.15, 0.2) is 0 Å². The van der Waals surface area contributed by atoms with Crippen molar-refractivity contribution < 1.29 is 0 Å². The molecule has 1 rings (SSSR count). The quantitative estimate of drug-likeness (QED) is 0.766. The highest BCUT2D eigenvalue weighted by atomic mass is 15.1. The van der Waals surface area contributed by atoms with E-state index in [1.807, 2.05) is 0 Å². The molecule has 0 heterocycles. The molecule has 0 amide bonds. The SMILES string of the molecule is CCN(C)c1cc(C)ccc1CN. The van der Waals surface area contributed by atoms with Crippen LogP contribution in [0.4, 0.5) is 5.69 Å². The second-order valence-corrected chi connectivity index (χ2v) is 3.35. The number of nitrogens with zero attached hydrogens (tertiary/aromatic N) is 1. The van der Waals surface area contributed by atoms with E-state index in [0.29, 0.717) is 6.54 Å². The molecule has 72 valence electrons. The third-order valence-electron chi connectivity index (χ3n) is 2.35. The normalized spacial score (nSPS) is 10.2. The fourth-order valence-electron chi connectivity index (χ4n) is 1.37. The third-order valence-corrected chi connectivity index (χ3v) is 2.35. The molecule has 0 aromatic heterocycles. The van der Waals surface area contributed by atoms with Crippen LogP contribution in [0.1, 0.15) is 18.1 Å². The van der Waals surface area contributed by atoms with Crippen LogP contribution in [0.15, 0.2) is 18.2 Å². The Hall–Kier alpha value is -1.02. The lowest BCUT2D eigenvalue weighted by Gasteiger charge is -2.20. The van der Waals surface area contributed by atoms with Gasteiger partial charge in [0.25, 0.3) is 0 Å². The van der Waals surface area contributed by atoms with Gasteiger partial charge in [-0.05, 0) is 31.0 Å². The molecule has 1 aromatic rings. The Morgan fingerprint density at radius 3 is 2.62 bits per heavy atom. The van der Waals surface area contributed by atoms with Crippen LogP contribution in [0.5, 0.6) is 0 Å². The fraction of sp³-hybridized carbons (Fsp3) is 0.455. The Balaban J connectivity index is 3.07. The average Bonchev–Trinajstić information content (AvgIpc) is 2.16. The maximum atomic E-state index is 5.67. The average molecular weight is 178 g/mol. The summed E-state index contributed by atoms with van der Waals surface area (Å²) < 4.78 is 0. The molecule has 0 spiro atoms. The first-order valence-electron chi connectivity index (χ1n) is 4.69. The first-order valence-corrected chi connectivity index (χ1v) is 4.69. The predicted octanol–water partition coefficient (Wildman–Crippen LogP) is 1.91. The highest BCUT2D eigenvalue weighted by Crippen LogP contribution is 2.20. The van der Waals surface area contributed by atoms with Crippen molar-refractivity contribution in [3.05, 3.63) is 29.3 Å². The number of aryl methyl sites for hydroxylation is 1. The summed E-state index contributed by atoms with van der Waals surface area (Å²) in [5.41, 5.74) is 9.42. The molecule has 0 unspecified atom stereocenters. The molecule has 0 aliphatic heterocycles. The molecule has 2 N–H and O–H groups in total. The van der Waals surface area contributed by atoms with Crippen LogP contribution in [0, 0.1) is 6.92 Å². The molecule has 0 aliphatic carbocycles. The molecule has 2 heteroatoms. The highest BCUT2D eigenvalue weighted by molar-refractivity contribution is 5.54. The number of anilines is 1. The summed E-state index contributed by atoms with van der Waals surface area (Å²) in [6.45, 7) is 5.87. The van der Waals surface area contributed by atoms with Crippen molar-refractivity contribution in [3.8, 4) is 0 Å². The first-order chi connectivity index (χ1) is 6.19. The van der Waals surface area contributed by atoms with Crippen LogP contribution >= 0.6 is 0 Å². The summed E-state index contributed by atoms with van der Waals surface area (Å²) in [4.78, 5) is 2.22. The molecular formula is C11H18N2. The predicted molar refractivity (Wildman–Crippen MR) is 58.0 cm³/mol. The number of benzene rings is 1. The van der Waals surface area contributed by atoms with E-state index in [1.165, 1.54) is 16.8 Å². The van der Waals surface area contributed by atoms with E-state index in [9.17, 15) is 0 Å². The minimum Gasteiger partial charge on any atom is -0.375 e. The standard InChI is InChI=1S/C11H18N2/c1-4-13(3)11-7-9(2)5-6-10(11)8-12/h5-7H,4,8,12H2,1-3H3. The maximum Gasteiger partial charge on any atom is 0.0411 e.